The van der Waals surface area contributed by atoms with E-state index >= 15 is 0 Å². The van der Waals surface area contributed by atoms with Crippen LogP contribution in [0.2, 0.25) is 5.02 Å². The lowest BCUT2D eigenvalue weighted by Gasteiger charge is -2.24. The minimum Gasteiger partial charge on any atom is -0.373 e. The van der Waals surface area contributed by atoms with Crippen molar-refractivity contribution < 1.29 is 4.79 Å². The third kappa shape index (κ3) is 3.33. The Morgan fingerprint density at radius 2 is 2.14 bits per heavy atom. The molecule has 0 spiro atoms. The number of hydrogen-bond acceptors (Lipinski definition) is 3. The van der Waals surface area contributed by atoms with Gasteiger partial charge in [0, 0.05) is 24.8 Å². The largest absolute Gasteiger partial charge is 0.373 e. The van der Waals surface area contributed by atoms with Crippen molar-refractivity contribution in [2.75, 3.05) is 30.4 Å². The minimum absolute atomic E-state index is 0.00959. The standard InChI is InChI=1S/C16H24ClN3O/c1-5-10(3)9-20(4)14-8-13-11(7-12(14)17)15(18-6-2)16(21)19-13/h7-8,10,15,18H,5-6,9H2,1-4H3,(H,19,21). The average Bonchev–Trinajstić information content (AvgIpc) is 2.74. The average molecular weight is 310 g/mol. The summed E-state index contributed by atoms with van der Waals surface area (Å²) in [5.41, 5.74) is 2.77. The zero-order valence-electron chi connectivity index (χ0n) is 13.2. The summed E-state index contributed by atoms with van der Waals surface area (Å²) in [5, 5.41) is 6.81. The molecule has 0 aliphatic carbocycles. The molecule has 0 fully saturated rings. The van der Waals surface area contributed by atoms with E-state index in [-0.39, 0.29) is 11.9 Å². The van der Waals surface area contributed by atoms with Crippen LogP contribution in [0.5, 0.6) is 0 Å². The molecule has 0 bridgehead atoms. The maximum absolute atomic E-state index is 12.0. The molecule has 0 radical (unpaired) electrons. The van der Waals surface area contributed by atoms with Crippen molar-refractivity contribution in [3.05, 3.63) is 22.7 Å². The Morgan fingerprint density at radius 1 is 1.43 bits per heavy atom. The van der Waals surface area contributed by atoms with E-state index in [9.17, 15) is 4.79 Å². The van der Waals surface area contributed by atoms with Gasteiger partial charge < -0.3 is 15.5 Å². The number of nitrogens with one attached hydrogen (secondary N) is 2. The first kappa shape index (κ1) is 16.1. The van der Waals surface area contributed by atoms with Crippen molar-refractivity contribution in [1.29, 1.82) is 0 Å². The third-order valence-corrected chi connectivity index (χ3v) is 4.35. The number of benzene rings is 1. The second kappa shape index (κ2) is 6.67. The van der Waals surface area contributed by atoms with Crippen LogP contribution >= 0.6 is 11.6 Å². The molecule has 0 saturated carbocycles. The first-order valence-electron chi connectivity index (χ1n) is 7.56. The molecular weight excluding hydrogens is 286 g/mol. The van der Waals surface area contributed by atoms with Crippen LogP contribution in [0.1, 0.15) is 38.8 Å². The molecule has 1 aromatic rings. The summed E-state index contributed by atoms with van der Waals surface area (Å²) < 4.78 is 0. The number of nitrogens with zero attached hydrogens (tertiary/aromatic N) is 1. The summed E-state index contributed by atoms with van der Waals surface area (Å²) in [7, 11) is 2.04. The van der Waals surface area contributed by atoms with Crippen LogP contribution in [0.4, 0.5) is 11.4 Å². The number of carbonyl (C=O) groups is 1. The van der Waals surface area contributed by atoms with Crippen LogP contribution < -0.4 is 15.5 Å². The van der Waals surface area contributed by atoms with Crippen molar-refractivity contribution >= 4 is 28.9 Å². The lowest BCUT2D eigenvalue weighted by atomic mass is 10.1. The summed E-state index contributed by atoms with van der Waals surface area (Å²) in [6, 6.07) is 3.59. The van der Waals surface area contributed by atoms with E-state index in [2.05, 4.69) is 29.4 Å². The fraction of sp³-hybridized carbons (Fsp3) is 0.562. The number of halogens is 1. The van der Waals surface area contributed by atoms with Gasteiger partial charge in [0.1, 0.15) is 6.04 Å². The van der Waals surface area contributed by atoms with Gasteiger partial charge in [-0.2, -0.15) is 0 Å². The Labute approximate surface area is 131 Å². The van der Waals surface area contributed by atoms with E-state index in [4.69, 9.17) is 11.6 Å². The molecule has 2 atom stereocenters. The number of rotatable bonds is 6. The summed E-state index contributed by atoms with van der Waals surface area (Å²) in [6.45, 7) is 8.08. The van der Waals surface area contributed by atoms with Gasteiger partial charge in [-0.1, -0.05) is 38.8 Å². The fourth-order valence-corrected chi connectivity index (χ4v) is 2.98. The number of carbonyl (C=O) groups excluding carboxylic acids is 1. The molecule has 5 heteroatoms. The monoisotopic (exact) mass is 309 g/mol. The minimum atomic E-state index is -0.295. The van der Waals surface area contributed by atoms with E-state index < -0.39 is 0 Å². The molecule has 4 nitrogen and oxygen atoms in total. The summed E-state index contributed by atoms with van der Waals surface area (Å²) >= 11 is 6.43. The van der Waals surface area contributed by atoms with Crippen LogP contribution in [-0.2, 0) is 4.79 Å². The Morgan fingerprint density at radius 3 is 2.76 bits per heavy atom. The van der Waals surface area contributed by atoms with E-state index in [0.717, 1.165) is 36.4 Å². The quantitative estimate of drug-likeness (QED) is 0.846. The smallest absolute Gasteiger partial charge is 0.246 e. The van der Waals surface area contributed by atoms with Crippen LogP contribution in [0, 0.1) is 5.92 Å². The van der Waals surface area contributed by atoms with E-state index in [1.807, 2.05) is 26.1 Å². The van der Waals surface area contributed by atoms with Crippen molar-refractivity contribution in [2.45, 2.75) is 33.2 Å². The predicted molar refractivity (Wildman–Crippen MR) is 89.2 cm³/mol. The topological polar surface area (TPSA) is 44.4 Å². The van der Waals surface area contributed by atoms with Gasteiger partial charge in [0.05, 0.1) is 10.7 Å². The Hall–Kier alpha value is -1.26. The molecule has 1 aliphatic rings. The van der Waals surface area contributed by atoms with Gasteiger partial charge in [-0.3, -0.25) is 4.79 Å². The molecular formula is C16H24ClN3O. The molecule has 1 heterocycles. The van der Waals surface area contributed by atoms with Crippen LogP contribution in [0.3, 0.4) is 0 Å². The SMILES string of the molecule is CCNC1C(=O)Nc2cc(N(C)CC(C)CC)c(Cl)cc21. The van der Waals surface area contributed by atoms with Crippen molar-refractivity contribution in [3.63, 3.8) is 0 Å². The Balaban J connectivity index is 2.28. The van der Waals surface area contributed by atoms with Gasteiger partial charge in [-0.25, -0.2) is 0 Å². The highest BCUT2D eigenvalue weighted by molar-refractivity contribution is 6.33. The maximum Gasteiger partial charge on any atom is 0.246 e. The fourth-order valence-electron chi connectivity index (χ4n) is 2.66. The molecule has 0 saturated heterocycles. The number of fused-ring (bicyclic) bond motifs is 1. The summed E-state index contributed by atoms with van der Waals surface area (Å²) in [4.78, 5) is 14.2. The summed E-state index contributed by atoms with van der Waals surface area (Å²) in [5.74, 6) is 0.591. The van der Waals surface area contributed by atoms with Gasteiger partial charge in [0.25, 0.3) is 0 Å². The lowest BCUT2D eigenvalue weighted by Crippen LogP contribution is -2.27. The molecule has 1 aromatic carbocycles. The van der Waals surface area contributed by atoms with Crippen LogP contribution in [0.15, 0.2) is 12.1 Å². The number of likely N-dealkylation sites (N-methyl/N-ethyl adjacent to an activating group) is 1. The van der Waals surface area contributed by atoms with E-state index in [1.165, 1.54) is 0 Å². The second-order valence-electron chi connectivity index (χ2n) is 5.76. The zero-order valence-corrected chi connectivity index (χ0v) is 13.9. The van der Waals surface area contributed by atoms with Gasteiger partial charge in [-0.15, -0.1) is 0 Å². The van der Waals surface area contributed by atoms with Gasteiger partial charge >= 0.3 is 0 Å². The molecule has 0 aromatic heterocycles. The zero-order chi connectivity index (χ0) is 15.6. The summed E-state index contributed by atoms with van der Waals surface area (Å²) in [6.07, 6.45) is 1.13. The van der Waals surface area contributed by atoms with Crippen molar-refractivity contribution in [2.24, 2.45) is 5.92 Å². The first-order valence-corrected chi connectivity index (χ1v) is 7.94. The molecule has 116 valence electrons. The van der Waals surface area contributed by atoms with Crippen LogP contribution in [-0.4, -0.2) is 26.0 Å². The molecule has 1 aliphatic heterocycles. The second-order valence-corrected chi connectivity index (χ2v) is 6.17. The molecule has 2 N–H and O–H groups in total. The van der Waals surface area contributed by atoms with Crippen LogP contribution in [0.25, 0.3) is 0 Å². The number of hydrogen-bond donors (Lipinski definition) is 2. The van der Waals surface area contributed by atoms with Crippen molar-refractivity contribution in [1.82, 2.24) is 5.32 Å². The first-order chi connectivity index (χ1) is 9.97. The normalized spacial score (nSPS) is 18.3. The molecule has 21 heavy (non-hydrogen) atoms. The third-order valence-electron chi connectivity index (χ3n) is 4.05. The highest BCUT2D eigenvalue weighted by atomic mass is 35.5. The molecule has 2 rings (SSSR count). The number of amides is 1. The molecule has 1 amide bonds. The van der Waals surface area contributed by atoms with E-state index in [1.54, 1.807) is 0 Å². The lowest BCUT2D eigenvalue weighted by molar-refractivity contribution is -0.117. The van der Waals surface area contributed by atoms with E-state index in [0.29, 0.717) is 10.9 Å². The predicted octanol–water partition coefficient (Wildman–Crippen LogP) is 3.43. The van der Waals surface area contributed by atoms with Crippen molar-refractivity contribution in [3.8, 4) is 0 Å². The Kier molecular flexibility index (Phi) is 5.12. The highest BCUT2D eigenvalue weighted by Crippen LogP contribution is 2.38. The van der Waals surface area contributed by atoms with Gasteiger partial charge in [0.2, 0.25) is 5.91 Å². The number of anilines is 2. The molecule has 2 unspecified atom stereocenters. The Bertz CT molecular complexity index is 532. The van der Waals surface area contributed by atoms with Gasteiger partial charge in [-0.05, 0) is 24.6 Å². The highest BCUT2D eigenvalue weighted by Gasteiger charge is 2.31. The van der Waals surface area contributed by atoms with Gasteiger partial charge in [0.15, 0.2) is 0 Å². The maximum atomic E-state index is 12.0.